The number of aromatic nitrogens is 2. The Morgan fingerprint density at radius 1 is 1.47 bits per heavy atom. The van der Waals surface area contributed by atoms with Gasteiger partial charge in [0.1, 0.15) is 12.4 Å². The number of nitrogens with two attached hydrogens (primary N) is 1. The molecule has 0 saturated carbocycles. The Labute approximate surface area is 109 Å². The summed E-state index contributed by atoms with van der Waals surface area (Å²) >= 11 is 0. The first-order valence-corrected chi connectivity index (χ1v) is 5.95. The Balaban J connectivity index is 2.55. The van der Waals surface area contributed by atoms with Crippen LogP contribution in [0.1, 0.15) is 12.7 Å². The fourth-order valence-corrected chi connectivity index (χ4v) is 1.87. The SMILES string of the molecule is CCOC(=O)Cn1c(C)nc2ccc(N)cc2c1=O. The van der Waals surface area contributed by atoms with E-state index in [1.165, 1.54) is 4.57 Å². The zero-order valence-corrected chi connectivity index (χ0v) is 10.8. The van der Waals surface area contributed by atoms with Crippen LogP contribution >= 0.6 is 0 Å². The van der Waals surface area contributed by atoms with E-state index in [2.05, 4.69) is 4.98 Å². The molecule has 2 N–H and O–H groups in total. The number of anilines is 1. The molecule has 0 radical (unpaired) electrons. The molecular weight excluding hydrogens is 246 g/mol. The van der Waals surface area contributed by atoms with Gasteiger partial charge in [0.25, 0.3) is 5.56 Å². The first kappa shape index (κ1) is 13.1. The molecule has 2 rings (SSSR count). The Morgan fingerprint density at radius 3 is 2.89 bits per heavy atom. The quantitative estimate of drug-likeness (QED) is 0.653. The maximum atomic E-state index is 12.3. The van der Waals surface area contributed by atoms with E-state index in [-0.39, 0.29) is 18.7 Å². The minimum atomic E-state index is -0.460. The van der Waals surface area contributed by atoms with Crippen LogP contribution in [-0.4, -0.2) is 22.1 Å². The van der Waals surface area contributed by atoms with E-state index >= 15 is 0 Å². The number of ether oxygens (including phenoxy) is 1. The molecule has 0 atom stereocenters. The second-order valence-corrected chi connectivity index (χ2v) is 4.13. The summed E-state index contributed by atoms with van der Waals surface area (Å²) < 4.78 is 6.13. The lowest BCUT2D eigenvalue weighted by Crippen LogP contribution is -2.28. The van der Waals surface area contributed by atoms with Gasteiger partial charge in [-0.3, -0.25) is 14.2 Å². The number of fused-ring (bicyclic) bond motifs is 1. The van der Waals surface area contributed by atoms with E-state index in [0.29, 0.717) is 22.4 Å². The van der Waals surface area contributed by atoms with Crippen molar-refractivity contribution in [2.75, 3.05) is 12.3 Å². The van der Waals surface area contributed by atoms with Gasteiger partial charge in [0, 0.05) is 5.69 Å². The van der Waals surface area contributed by atoms with Gasteiger partial charge in [-0.25, -0.2) is 4.98 Å². The summed E-state index contributed by atoms with van der Waals surface area (Å²) in [5.74, 6) is 0.00748. The van der Waals surface area contributed by atoms with Crippen molar-refractivity contribution in [3.8, 4) is 0 Å². The van der Waals surface area contributed by atoms with Crippen molar-refractivity contribution in [2.45, 2.75) is 20.4 Å². The summed E-state index contributed by atoms with van der Waals surface area (Å²) in [6.07, 6.45) is 0. The minimum Gasteiger partial charge on any atom is -0.465 e. The molecule has 0 unspecified atom stereocenters. The molecule has 6 nitrogen and oxygen atoms in total. The third kappa shape index (κ3) is 2.57. The molecule has 0 aliphatic carbocycles. The Hall–Kier alpha value is -2.37. The molecule has 0 saturated heterocycles. The number of aryl methyl sites for hydroxylation is 1. The average molecular weight is 261 g/mol. The Bertz CT molecular complexity index is 691. The summed E-state index contributed by atoms with van der Waals surface area (Å²) in [4.78, 5) is 28.1. The van der Waals surface area contributed by atoms with Crippen LogP contribution in [0.25, 0.3) is 10.9 Å². The first-order valence-electron chi connectivity index (χ1n) is 5.95. The number of hydrogen-bond donors (Lipinski definition) is 1. The van der Waals surface area contributed by atoms with E-state index in [0.717, 1.165) is 0 Å². The highest BCUT2D eigenvalue weighted by Crippen LogP contribution is 2.12. The molecule has 6 heteroatoms. The van der Waals surface area contributed by atoms with E-state index in [4.69, 9.17) is 10.5 Å². The van der Waals surface area contributed by atoms with Crippen molar-refractivity contribution in [3.63, 3.8) is 0 Å². The van der Waals surface area contributed by atoms with Crippen molar-refractivity contribution < 1.29 is 9.53 Å². The van der Waals surface area contributed by atoms with E-state index in [9.17, 15) is 9.59 Å². The van der Waals surface area contributed by atoms with Crippen LogP contribution < -0.4 is 11.3 Å². The summed E-state index contributed by atoms with van der Waals surface area (Å²) in [6.45, 7) is 3.53. The van der Waals surface area contributed by atoms with Crippen molar-refractivity contribution in [1.82, 2.24) is 9.55 Å². The lowest BCUT2D eigenvalue weighted by Gasteiger charge is -2.10. The Morgan fingerprint density at radius 2 is 2.21 bits per heavy atom. The Kier molecular flexibility index (Phi) is 3.50. The lowest BCUT2D eigenvalue weighted by atomic mass is 10.2. The number of hydrogen-bond acceptors (Lipinski definition) is 5. The summed E-state index contributed by atoms with van der Waals surface area (Å²) in [5.41, 5.74) is 6.42. The molecule has 2 aromatic rings. The summed E-state index contributed by atoms with van der Waals surface area (Å²) in [5, 5.41) is 0.398. The topological polar surface area (TPSA) is 87.2 Å². The molecule has 1 aromatic carbocycles. The van der Waals surface area contributed by atoms with Gasteiger partial charge in [0.05, 0.1) is 17.5 Å². The van der Waals surface area contributed by atoms with Gasteiger partial charge < -0.3 is 10.5 Å². The highest BCUT2D eigenvalue weighted by atomic mass is 16.5. The van der Waals surface area contributed by atoms with Crippen LogP contribution in [0.3, 0.4) is 0 Å². The number of rotatable bonds is 3. The third-order valence-electron chi connectivity index (χ3n) is 2.76. The average Bonchev–Trinajstić information content (AvgIpc) is 2.36. The van der Waals surface area contributed by atoms with Crippen molar-refractivity contribution >= 4 is 22.6 Å². The monoisotopic (exact) mass is 261 g/mol. The van der Waals surface area contributed by atoms with Crippen LogP contribution in [0.15, 0.2) is 23.0 Å². The number of carbonyl (C=O) groups excluding carboxylic acids is 1. The third-order valence-corrected chi connectivity index (χ3v) is 2.76. The zero-order chi connectivity index (χ0) is 14.0. The minimum absolute atomic E-state index is 0.143. The van der Waals surface area contributed by atoms with Gasteiger partial charge in [0.15, 0.2) is 0 Å². The zero-order valence-electron chi connectivity index (χ0n) is 10.8. The van der Waals surface area contributed by atoms with E-state index in [1.807, 2.05) is 0 Å². The van der Waals surface area contributed by atoms with Crippen LogP contribution in [0.5, 0.6) is 0 Å². The molecule has 0 aliphatic heterocycles. The summed E-state index contributed by atoms with van der Waals surface area (Å²) in [7, 11) is 0. The van der Waals surface area contributed by atoms with Gasteiger partial charge in [-0.1, -0.05) is 0 Å². The van der Waals surface area contributed by atoms with Gasteiger partial charge in [-0.15, -0.1) is 0 Å². The molecule has 1 heterocycles. The van der Waals surface area contributed by atoms with Gasteiger partial charge in [0.2, 0.25) is 0 Å². The molecule has 100 valence electrons. The van der Waals surface area contributed by atoms with E-state index in [1.54, 1.807) is 32.0 Å². The smallest absolute Gasteiger partial charge is 0.326 e. The highest BCUT2D eigenvalue weighted by molar-refractivity contribution is 5.81. The predicted molar refractivity (Wildman–Crippen MR) is 71.8 cm³/mol. The largest absolute Gasteiger partial charge is 0.465 e. The lowest BCUT2D eigenvalue weighted by molar-refractivity contribution is -0.143. The number of esters is 1. The fraction of sp³-hybridized carbons (Fsp3) is 0.308. The maximum Gasteiger partial charge on any atom is 0.326 e. The molecule has 0 amide bonds. The van der Waals surface area contributed by atoms with Crippen molar-refractivity contribution in [2.24, 2.45) is 0 Å². The molecule has 0 aliphatic rings. The maximum absolute atomic E-state index is 12.3. The number of nitrogen functional groups attached to an aromatic ring is 1. The molecule has 0 spiro atoms. The van der Waals surface area contributed by atoms with Crippen LogP contribution in [0.2, 0.25) is 0 Å². The fourth-order valence-electron chi connectivity index (χ4n) is 1.87. The number of nitrogens with zero attached hydrogens (tertiary/aromatic N) is 2. The van der Waals surface area contributed by atoms with Crippen molar-refractivity contribution in [3.05, 3.63) is 34.4 Å². The molecule has 1 aromatic heterocycles. The van der Waals surface area contributed by atoms with Crippen LogP contribution in [0, 0.1) is 6.92 Å². The second-order valence-electron chi connectivity index (χ2n) is 4.13. The van der Waals surface area contributed by atoms with Crippen LogP contribution in [-0.2, 0) is 16.1 Å². The molecular formula is C13H15N3O3. The first-order chi connectivity index (χ1) is 9.02. The van der Waals surface area contributed by atoms with Gasteiger partial charge >= 0.3 is 5.97 Å². The molecule has 0 fully saturated rings. The normalized spacial score (nSPS) is 10.6. The number of benzene rings is 1. The van der Waals surface area contributed by atoms with Crippen molar-refractivity contribution in [1.29, 1.82) is 0 Å². The number of carbonyl (C=O) groups is 1. The standard InChI is InChI=1S/C13H15N3O3/c1-3-19-12(17)7-16-8(2)15-11-5-4-9(14)6-10(11)13(16)18/h4-6H,3,7,14H2,1-2H3. The highest BCUT2D eigenvalue weighted by Gasteiger charge is 2.12. The van der Waals surface area contributed by atoms with Crippen LogP contribution in [0.4, 0.5) is 5.69 Å². The van der Waals surface area contributed by atoms with Gasteiger partial charge in [-0.2, -0.15) is 0 Å². The molecule has 19 heavy (non-hydrogen) atoms. The summed E-state index contributed by atoms with van der Waals surface area (Å²) in [6, 6.07) is 4.93. The van der Waals surface area contributed by atoms with Gasteiger partial charge in [-0.05, 0) is 32.0 Å². The van der Waals surface area contributed by atoms with E-state index < -0.39 is 5.97 Å². The second kappa shape index (κ2) is 5.09. The predicted octanol–water partition coefficient (Wildman–Crippen LogP) is 0.850. The molecule has 0 bridgehead atoms.